The molecule has 9 heteroatoms. The molecular formula is C31H36FN5O3. The summed E-state index contributed by atoms with van der Waals surface area (Å²) < 4.78 is 20.8. The van der Waals surface area contributed by atoms with Crippen LogP contribution >= 0.6 is 0 Å². The first-order valence-corrected chi connectivity index (χ1v) is 13.2. The van der Waals surface area contributed by atoms with E-state index in [4.69, 9.17) is 4.74 Å². The quantitative estimate of drug-likeness (QED) is 0.387. The van der Waals surface area contributed by atoms with Gasteiger partial charge < -0.3 is 20.3 Å². The second-order valence-corrected chi connectivity index (χ2v) is 10.3. The van der Waals surface area contributed by atoms with Crippen molar-refractivity contribution in [2.45, 2.75) is 40.3 Å². The number of rotatable bonds is 8. The van der Waals surface area contributed by atoms with Gasteiger partial charge in [-0.05, 0) is 65.4 Å². The van der Waals surface area contributed by atoms with Gasteiger partial charge in [0.15, 0.2) is 0 Å². The van der Waals surface area contributed by atoms with Crippen molar-refractivity contribution in [3.8, 4) is 28.0 Å². The van der Waals surface area contributed by atoms with Gasteiger partial charge in [-0.2, -0.15) is 5.10 Å². The van der Waals surface area contributed by atoms with Crippen LogP contribution in [0.4, 0.5) is 14.9 Å². The summed E-state index contributed by atoms with van der Waals surface area (Å²) in [4.78, 5) is 26.4. The fraction of sp³-hybridized carbons (Fsp3) is 0.323. The maximum Gasteiger partial charge on any atom is 0.340 e. The van der Waals surface area contributed by atoms with E-state index >= 15 is 4.39 Å². The Bertz CT molecular complexity index is 1480. The number of nitrogens with zero attached hydrogens (tertiary/aromatic N) is 3. The summed E-state index contributed by atoms with van der Waals surface area (Å²) in [5.74, 6) is -0.194. The highest BCUT2D eigenvalue weighted by Crippen LogP contribution is 2.37. The van der Waals surface area contributed by atoms with Crippen molar-refractivity contribution in [3.63, 3.8) is 0 Å². The molecule has 210 valence electrons. The first-order chi connectivity index (χ1) is 19.0. The molecule has 0 unspecified atom stereocenters. The topological polar surface area (TPSA) is 86.3 Å². The number of ether oxygens (including phenoxy) is 1. The third kappa shape index (κ3) is 5.84. The number of carbonyl (C=O) groups excluding carboxylic acids is 2. The highest BCUT2D eigenvalue weighted by molar-refractivity contribution is 6.44. The van der Waals surface area contributed by atoms with Crippen LogP contribution in [0, 0.1) is 19.7 Å². The Kier molecular flexibility index (Phi) is 8.54. The minimum Gasteiger partial charge on any atom is -0.496 e. The van der Waals surface area contributed by atoms with Crippen LogP contribution in [0.1, 0.15) is 30.5 Å². The SMILES string of the molecule is COc1cc(-c2cccc(-c3cccc(NC(=O)C4=NN(C)C(=O)N(C)C4)c3C)c2C)cc(F)c1CNC(C)C. The van der Waals surface area contributed by atoms with Crippen LogP contribution in [0.3, 0.4) is 0 Å². The van der Waals surface area contributed by atoms with E-state index in [1.807, 2.05) is 70.2 Å². The van der Waals surface area contributed by atoms with Gasteiger partial charge in [0.2, 0.25) is 0 Å². The largest absolute Gasteiger partial charge is 0.496 e. The lowest BCUT2D eigenvalue weighted by atomic mass is 9.90. The lowest BCUT2D eigenvalue weighted by Gasteiger charge is -2.27. The normalized spacial score (nSPS) is 13.5. The molecule has 40 heavy (non-hydrogen) atoms. The Hall–Kier alpha value is -4.24. The Balaban J connectivity index is 1.67. The van der Waals surface area contributed by atoms with Gasteiger partial charge in [0.1, 0.15) is 17.3 Å². The van der Waals surface area contributed by atoms with E-state index in [0.29, 0.717) is 23.5 Å². The second-order valence-electron chi connectivity index (χ2n) is 10.3. The molecule has 2 N–H and O–H groups in total. The number of hydrogen-bond acceptors (Lipinski definition) is 5. The van der Waals surface area contributed by atoms with Gasteiger partial charge in [0.25, 0.3) is 5.91 Å². The summed E-state index contributed by atoms with van der Waals surface area (Å²) in [7, 11) is 4.70. The Morgan fingerprint density at radius 2 is 1.70 bits per heavy atom. The molecule has 0 aromatic heterocycles. The molecule has 3 amide bonds. The zero-order valence-electron chi connectivity index (χ0n) is 24.1. The Morgan fingerprint density at radius 3 is 2.35 bits per heavy atom. The number of amides is 3. The predicted octanol–water partition coefficient (Wildman–Crippen LogP) is 5.57. The van der Waals surface area contributed by atoms with Gasteiger partial charge in [0.05, 0.1) is 13.7 Å². The summed E-state index contributed by atoms with van der Waals surface area (Å²) in [6.07, 6.45) is 0. The van der Waals surface area contributed by atoms with Crippen LogP contribution in [0.25, 0.3) is 22.3 Å². The average molecular weight is 546 g/mol. The van der Waals surface area contributed by atoms with E-state index in [-0.39, 0.29) is 36.1 Å². The highest BCUT2D eigenvalue weighted by Gasteiger charge is 2.26. The number of carbonyl (C=O) groups is 2. The molecule has 1 heterocycles. The molecule has 0 saturated carbocycles. The standard InChI is InChI=1S/C31H36FN5O3/c1-18(2)33-16-25-26(32)14-21(15-29(25)40-7)22-10-8-11-23(19(22)3)24-12-9-13-27(20(24)4)34-30(38)28-17-36(5)31(39)37(6)35-28/h8-15,18,33H,16-17H2,1-7H3,(H,34,38). The lowest BCUT2D eigenvalue weighted by Crippen LogP contribution is -2.47. The molecule has 0 radical (unpaired) electrons. The molecule has 1 aliphatic rings. The number of hydrogen-bond donors (Lipinski definition) is 2. The van der Waals surface area contributed by atoms with Crippen LogP contribution in [0.2, 0.25) is 0 Å². The molecular weight excluding hydrogens is 509 g/mol. The van der Waals surface area contributed by atoms with Gasteiger partial charge in [0, 0.05) is 37.9 Å². The van der Waals surface area contributed by atoms with E-state index in [1.165, 1.54) is 11.9 Å². The highest BCUT2D eigenvalue weighted by atomic mass is 19.1. The smallest absolute Gasteiger partial charge is 0.340 e. The third-order valence-corrected chi connectivity index (χ3v) is 7.10. The zero-order chi connectivity index (χ0) is 29.1. The van der Waals surface area contributed by atoms with Gasteiger partial charge in [-0.15, -0.1) is 0 Å². The van der Waals surface area contributed by atoms with Crippen molar-refractivity contribution in [2.24, 2.45) is 5.10 Å². The fourth-order valence-electron chi connectivity index (χ4n) is 4.84. The van der Waals surface area contributed by atoms with Crippen molar-refractivity contribution >= 4 is 23.3 Å². The zero-order valence-corrected chi connectivity index (χ0v) is 24.1. The van der Waals surface area contributed by atoms with Crippen molar-refractivity contribution < 1.29 is 18.7 Å². The monoisotopic (exact) mass is 545 g/mol. The molecule has 3 aromatic carbocycles. The Labute approximate surface area is 234 Å². The van der Waals surface area contributed by atoms with Crippen molar-refractivity contribution in [2.75, 3.05) is 33.1 Å². The fourth-order valence-corrected chi connectivity index (χ4v) is 4.84. The van der Waals surface area contributed by atoms with Crippen LogP contribution in [0.5, 0.6) is 5.75 Å². The van der Waals surface area contributed by atoms with Crippen LogP contribution in [-0.4, -0.2) is 61.4 Å². The maximum absolute atomic E-state index is 15.3. The first kappa shape index (κ1) is 28.8. The molecule has 0 aliphatic carbocycles. The van der Waals surface area contributed by atoms with E-state index in [0.717, 1.165) is 38.4 Å². The molecule has 4 rings (SSSR count). The number of anilines is 1. The molecule has 0 saturated heterocycles. The summed E-state index contributed by atoms with van der Waals surface area (Å²) >= 11 is 0. The van der Waals surface area contributed by atoms with Crippen LogP contribution in [0.15, 0.2) is 53.6 Å². The summed E-state index contributed by atoms with van der Waals surface area (Å²) in [5, 5.41) is 11.5. The second kappa shape index (κ2) is 11.9. The van der Waals surface area contributed by atoms with Crippen molar-refractivity contribution in [1.82, 2.24) is 15.2 Å². The maximum atomic E-state index is 15.3. The van der Waals surface area contributed by atoms with Crippen molar-refractivity contribution in [1.29, 1.82) is 0 Å². The minimum atomic E-state index is -0.369. The number of urea groups is 1. The molecule has 1 aliphatic heterocycles. The lowest BCUT2D eigenvalue weighted by molar-refractivity contribution is -0.110. The van der Waals surface area contributed by atoms with Crippen LogP contribution < -0.4 is 15.4 Å². The minimum absolute atomic E-state index is 0.126. The summed E-state index contributed by atoms with van der Waals surface area (Å²) in [6, 6.07) is 15.0. The van der Waals surface area contributed by atoms with Gasteiger partial charge in [-0.3, -0.25) is 4.79 Å². The van der Waals surface area contributed by atoms with Gasteiger partial charge >= 0.3 is 6.03 Å². The molecule has 0 spiro atoms. The number of methoxy groups -OCH3 is 1. The molecule has 0 bridgehead atoms. The van der Waals surface area contributed by atoms with Gasteiger partial charge in [-0.1, -0.05) is 44.2 Å². The molecule has 0 fully saturated rings. The number of halogens is 1. The van der Waals surface area contributed by atoms with Crippen molar-refractivity contribution in [3.05, 3.63) is 71.0 Å². The van der Waals surface area contributed by atoms with Crippen LogP contribution in [-0.2, 0) is 11.3 Å². The van der Waals surface area contributed by atoms with Gasteiger partial charge in [-0.25, -0.2) is 14.2 Å². The Morgan fingerprint density at radius 1 is 1.05 bits per heavy atom. The number of benzene rings is 3. The van der Waals surface area contributed by atoms with E-state index in [2.05, 4.69) is 15.7 Å². The third-order valence-electron chi connectivity index (χ3n) is 7.10. The average Bonchev–Trinajstić information content (AvgIpc) is 2.91. The van der Waals surface area contributed by atoms with E-state index in [1.54, 1.807) is 20.2 Å². The van der Waals surface area contributed by atoms with E-state index in [9.17, 15) is 9.59 Å². The predicted molar refractivity (Wildman–Crippen MR) is 157 cm³/mol. The van der Waals surface area contributed by atoms with E-state index < -0.39 is 0 Å². The number of nitrogens with one attached hydrogen (secondary N) is 2. The summed E-state index contributed by atoms with van der Waals surface area (Å²) in [6.45, 7) is 8.48. The summed E-state index contributed by atoms with van der Waals surface area (Å²) in [5.41, 5.74) is 6.76. The molecule has 0 atom stereocenters. The first-order valence-electron chi connectivity index (χ1n) is 13.2. The molecule has 3 aromatic rings. The number of hydrazone groups is 1. The molecule has 8 nitrogen and oxygen atoms in total.